The van der Waals surface area contributed by atoms with E-state index in [1.165, 1.54) is 10.1 Å². The highest BCUT2D eigenvalue weighted by atomic mass is 32.1. The van der Waals surface area contributed by atoms with Crippen LogP contribution in [0, 0.1) is 6.92 Å². The molecule has 1 N–H and O–H groups in total. The fourth-order valence-electron chi connectivity index (χ4n) is 2.24. The van der Waals surface area contributed by atoms with Gasteiger partial charge < -0.3 is 5.11 Å². The van der Waals surface area contributed by atoms with Crippen molar-refractivity contribution in [2.45, 2.75) is 6.92 Å². The van der Waals surface area contributed by atoms with E-state index in [1.807, 2.05) is 31.2 Å². The molecule has 0 spiro atoms. The number of hydrogen-bond donors (Lipinski definition) is 1. The molecule has 0 atom stereocenters. The Morgan fingerprint density at radius 1 is 1.16 bits per heavy atom. The highest BCUT2D eigenvalue weighted by Gasteiger charge is 2.10. The number of thiophene rings is 1. The Hall–Kier alpha value is -2.13. The maximum absolute atomic E-state index is 11.2. The summed E-state index contributed by atoms with van der Waals surface area (Å²) in [4.78, 5) is 11.2. The number of carboxylic acid groups (broad SMARTS) is 1. The van der Waals surface area contributed by atoms with Gasteiger partial charge in [0.1, 0.15) is 0 Å². The van der Waals surface area contributed by atoms with Crippen molar-refractivity contribution in [1.82, 2.24) is 0 Å². The third-order valence-corrected chi connectivity index (χ3v) is 4.22. The summed E-state index contributed by atoms with van der Waals surface area (Å²) in [5, 5.41) is 12.5. The van der Waals surface area contributed by atoms with Crippen LogP contribution in [0.3, 0.4) is 0 Å². The first kappa shape index (κ1) is 11.9. The van der Waals surface area contributed by atoms with Gasteiger partial charge in [0, 0.05) is 4.70 Å². The van der Waals surface area contributed by atoms with Crippen molar-refractivity contribution in [3.63, 3.8) is 0 Å². The fourth-order valence-corrected chi connectivity index (χ4v) is 3.18. The number of aromatic carboxylic acids is 1. The molecule has 1 heterocycles. The van der Waals surface area contributed by atoms with E-state index >= 15 is 0 Å². The highest BCUT2D eigenvalue weighted by molar-refractivity contribution is 7.17. The summed E-state index contributed by atoms with van der Waals surface area (Å²) in [7, 11) is 0. The van der Waals surface area contributed by atoms with E-state index in [2.05, 4.69) is 17.5 Å². The van der Waals surface area contributed by atoms with E-state index in [0.29, 0.717) is 5.56 Å². The van der Waals surface area contributed by atoms with E-state index < -0.39 is 5.97 Å². The fraction of sp³-hybridized carbons (Fsp3) is 0.0625. The Kier molecular flexibility index (Phi) is 2.84. The molecule has 2 nitrogen and oxygen atoms in total. The van der Waals surface area contributed by atoms with Crippen molar-refractivity contribution >= 4 is 27.4 Å². The first-order valence-electron chi connectivity index (χ1n) is 5.97. The molecule has 0 unspecified atom stereocenters. The molecule has 3 aromatic rings. The minimum Gasteiger partial charge on any atom is -0.478 e. The summed E-state index contributed by atoms with van der Waals surface area (Å²) in [6, 6.07) is 13.8. The van der Waals surface area contributed by atoms with E-state index in [1.54, 1.807) is 17.4 Å². The zero-order chi connectivity index (χ0) is 13.4. The molecule has 3 heteroatoms. The van der Waals surface area contributed by atoms with Crippen molar-refractivity contribution in [3.05, 3.63) is 59.0 Å². The lowest BCUT2D eigenvalue weighted by Crippen LogP contribution is -1.99. The number of carboxylic acids is 1. The third-order valence-electron chi connectivity index (χ3n) is 3.26. The van der Waals surface area contributed by atoms with Gasteiger partial charge in [0.2, 0.25) is 0 Å². The maximum atomic E-state index is 11.2. The minimum atomic E-state index is -0.877. The minimum absolute atomic E-state index is 0.367. The Morgan fingerprint density at radius 3 is 2.79 bits per heavy atom. The van der Waals surface area contributed by atoms with Crippen LogP contribution >= 0.6 is 11.3 Å². The van der Waals surface area contributed by atoms with Gasteiger partial charge in [-0.15, -0.1) is 11.3 Å². The highest BCUT2D eigenvalue weighted by Crippen LogP contribution is 2.33. The van der Waals surface area contributed by atoms with E-state index in [9.17, 15) is 9.90 Å². The molecule has 1 aromatic heterocycles. The molecule has 0 bridgehead atoms. The smallest absolute Gasteiger partial charge is 0.335 e. The zero-order valence-corrected chi connectivity index (χ0v) is 11.2. The summed E-state index contributed by atoms with van der Waals surface area (Å²) < 4.78 is 1.20. The van der Waals surface area contributed by atoms with Crippen LogP contribution in [0.5, 0.6) is 0 Å². The summed E-state index contributed by atoms with van der Waals surface area (Å²) in [6.45, 7) is 1.82. The summed E-state index contributed by atoms with van der Waals surface area (Å²) in [5.41, 5.74) is 3.20. The first-order valence-corrected chi connectivity index (χ1v) is 6.85. The van der Waals surface area contributed by atoms with Gasteiger partial charge in [-0.05, 0) is 46.5 Å². The Morgan fingerprint density at radius 2 is 2.00 bits per heavy atom. The van der Waals surface area contributed by atoms with Crippen LogP contribution < -0.4 is 0 Å². The molecular formula is C16H12O2S. The van der Waals surface area contributed by atoms with Gasteiger partial charge in [-0.3, -0.25) is 0 Å². The van der Waals surface area contributed by atoms with Crippen LogP contribution in [-0.4, -0.2) is 11.1 Å². The second-order valence-electron chi connectivity index (χ2n) is 4.48. The Balaban J connectivity index is 2.24. The number of fused-ring (bicyclic) bond motifs is 1. The average molecular weight is 268 g/mol. The normalized spacial score (nSPS) is 10.8. The van der Waals surface area contributed by atoms with Gasteiger partial charge in [0.05, 0.1) is 5.56 Å². The quantitative estimate of drug-likeness (QED) is 0.739. The molecular weight excluding hydrogens is 256 g/mol. The summed E-state index contributed by atoms with van der Waals surface area (Å²) >= 11 is 1.68. The molecule has 2 aromatic carbocycles. The number of aryl methyl sites for hydroxylation is 1. The molecule has 19 heavy (non-hydrogen) atoms. The van der Waals surface area contributed by atoms with Gasteiger partial charge in [0.15, 0.2) is 0 Å². The summed E-state index contributed by atoms with van der Waals surface area (Å²) in [5.74, 6) is -0.877. The van der Waals surface area contributed by atoms with Crippen LogP contribution in [0.1, 0.15) is 15.9 Å². The molecule has 0 aliphatic heterocycles. The first-order chi connectivity index (χ1) is 9.16. The molecule has 0 saturated heterocycles. The predicted molar refractivity (Wildman–Crippen MR) is 79.0 cm³/mol. The average Bonchev–Trinajstić information content (AvgIpc) is 2.87. The molecule has 0 saturated carbocycles. The van der Waals surface area contributed by atoms with Gasteiger partial charge in [-0.2, -0.15) is 0 Å². The Labute approximate surface area is 114 Å². The molecule has 0 radical (unpaired) electrons. The van der Waals surface area contributed by atoms with Gasteiger partial charge in [0.25, 0.3) is 0 Å². The Bertz CT molecular complexity index is 771. The molecule has 0 amide bonds. The van der Waals surface area contributed by atoms with Crippen LogP contribution in [0.15, 0.2) is 47.8 Å². The number of rotatable bonds is 2. The lowest BCUT2D eigenvalue weighted by Gasteiger charge is -2.07. The summed E-state index contributed by atoms with van der Waals surface area (Å²) in [6.07, 6.45) is 0. The largest absolute Gasteiger partial charge is 0.478 e. The van der Waals surface area contributed by atoms with Crippen molar-refractivity contribution in [1.29, 1.82) is 0 Å². The zero-order valence-electron chi connectivity index (χ0n) is 10.4. The molecule has 0 fully saturated rings. The second kappa shape index (κ2) is 4.52. The standard InChI is InChI=1S/C16H12O2S/c1-10-5-6-12(9-14(10)16(17)18)13-4-2-3-11-7-8-19-15(11)13/h2-9H,1H3,(H,17,18). The van der Waals surface area contributed by atoms with E-state index in [-0.39, 0.29) is 0 Å². The van der Waals surface area contributed by atoms with Crippen molar-refractivity contribution in [3.8, 4) is 11.1 Å². The van der Waals surface area contributed by atoms with Gasteiger partial charge in [-0.25, -0.2) is 4.79 Å². The van der Waals surface area contributed by atoms with Crippen LogP contribution in [-0.2, 0) is 0 Å². The van der Waals surface area contributed by atoms with Gasteiger partial charge >= 0.3 is 5.97 Å². The van der Waals surface area contributed by atoms with Crippen LogP contribution in [0.4, 0.5) is 0 Å². The predicted octanol–water partition coefficient (Wildman–Crippen LogP) is 4.57. The third kappa shape index (κ3) is 2.02. The van der Waals surface area contributed by atoms with Crippen LogP contribution in [0.25, 0.3) is 21.2 Å². The van der Waals surface area contributed by atoms with Crippen molar-refractivity contribution < 1.29 is 9.90 Å². The lowest BCUT2D eigenvalue weighted by atomic mass is 9.99. The number of hydrogen-bond acceptors (Lipinski definition) is 2. The molecule has 0 aliphatic carbocycles. The topological polar surface area (TPSA) is 37.3 Å². The van der Waals surface area contributed by atoms with Gasteiger partial charge in [-0.1, -0.05) is 30.3 Å². The number of carbonyl (C=O) groups is 1. The van der Waals surface area contributed by atoms with Crippen molar-refractivity contribution in [2.24, 2.45) is 0 Å². The monoisotopic (exact) mass is 268 g/mol. The van der Waals surface area contributed by atoms with E-state index in [0.717, 1.165) is 16.7 Å². The van der Waals surface area contributed by atoms with Crippen LogP contribution in [0.2, 0.25) is 0 Å². The molecule has 3 rings (SSSR count). The van der Waals surface area contributed by atoms with E-state index in [4.69, 9.17) is 0 Å². The van der Waals surface area contributed by atoms with Crippen molar-refractivity contribution in [2.75, 3.05) is 0 Å². The second-order valence-corrected chi connectivity index (χ2v) is 5.40. The molecule has 94 valence electrons. The molecule has 0 aliphatic rings. The maximum Gasteiger partial charge on any atom is 0.335 e. The lowest BCUT2D eigenvalue weighted by molar-refractivity contribution is 0.0696. The SMILES string of the molecule is Cc1ccc(-c2cccc3ccsc23)cc1C(=O)O. The number of benzene rings is 2.